The lowest BCUT2D eigenvalue weighted by Gasteiger charge is -2.07. The van der Waals surface area contributed by atoms with Crippen molar-refractivity contribution in [2.75, 3.05) is 7.11 Å². The van der Waals surface area contributed by atoms with Gasteiger partial charge in [0.1, 0.15) is 5.75 Å². The standard InChI is InChI=1S/C17H16N4O4/c1-25-13-5-2-11(3-6-13)14-10-12(4-9-17(23)24)20-21(14)15-7-8-16(22)19-18-15/h2-3,5-8,10H,4,9H2,1H3,(H,19,22)(H,23,24). The first-order valence-electron chi connectivity index (χ1n) is 7.58. The molecule has 8 heteroatoms. The van der Waals surface area contributed by atoms with Crippen molar-refractivity contribution in [3.05, 3.63) is 58.5 Å². The summed E-state index contributed by atoms with van der Waals surface area (Å²) in [5, 5.41) is 19.7. The van der Waals surface area contributed by atoms with Crippen LogP contribution in [0.1, 0.15) is 12.1 Å². The summed E-state index contributed by atoms with van der Waals surface area (Å²) in [6.07, 6.45) is 0.285. The van der Waals surface area contributed by atoms with Gasteiger partial charge in [-0.3, -0.25) is 9.59 Å². The fourth-order valence-electron chi connectivity index (χ4n) is 2.38. The zero-order valence-electron chi connectivity index (χ0n) is 13.5. The van der Waals surface area contributed by atoms with Crippen LogP contribution >= 0.6 is 0 Å². The molecule has 128 valence electrons. The maximum atomic E-state index is 11.2. The number of aliphatic carboxylic acids is 1. The SMILES string of the molecule is COc1ccc(-c2cc(CCC(=O)O)nn2-c2ccc(=O)[nH]n2)cc1. The van der Waals surface area contributed by atoms with E-state index < -0.39 is 5.97 Å². The first kappa shape index (κ1) is 16.4. The van der Waals surface area contributed by atoms with E-state index in [1.807, 2.05) is 30.3 Å². The van der Waals surface area contributed by atoms with Crippen molar-refractivity contribution in [1.82, 2.24) is 20.0 Å². The van der Waals surface area contributed by atoms with E-state index in [0.717, 1.165) is 17.0 Å². The summed E-state index contributed by atoms with van der Waals surface area (Å²) < 4.78 is 6.74. The predicted molar refractivity (Wildman–Crippen MR) is 89.9 cm³/mol. The topological polar surface area (TPSA) is 110 Å². The molecule has 1 aromatic carbocycles. The zero-order chi connectivity index (χ0) is 17.8. The average Bonchev–Trinajstić information content (AvgIpc) is 3.05. The Labute approximate surface area is 142 Å². The summed E-state index contributed by atoms with van der Waals surface area (Å²) in [6, 6.07) is 12.1. The van der Waals surface area contributed by atoms with Crippen molar-refractivity contribution < 1.29 is 14.6 Å². The van der Waals surface area contributed by atoms with Crippen LogP contribution in [0, 0.1) is 0 Å². The van der Waals surface area contributed by atoms with Crippen LogP contribution in [0.25, 0.3) is 17.1 Å². The van der Waals surface area contributed by atoms with Crippen LogP contribution in [-0.2, 0) is 11.2 Å². The Morgan fingerprint density at radius 2 is 2.00 bits per heavy atom. The molecule has 0 amide bonds. The third-order valence-electron chi connectivity index (χ3n) is 3.62. The zero-order valence-corrected chi connectivity index (χ0v) is 13.5. The Morgan fingerprint density at radius 3 is 2.60 bits per heavy atom. The van der Waals surface area contributed by atoms with Gasteiger partial charge in [-0.05, 0) is 36.4 Å². The highest BCUT2D eigenvalue weighted by molar-refractivity contribution is 5.67. The van der Waals surface area contributed by atoms with Gasteiger partial charge in [-0.15, -0.1) is 0 Å². The number of benzene rings is 1. The second-order valence-electron chi connectivity index (χ2n) is 5.33. The Morgan fingerprint density at radius 1 is 1.24 bits per heavy atom. The Bertz CT molecular complexity index is 924. The van der Waals surface area contributed by atoms with Gasteiger partial charge in [0.05, 0.1) is 24.9 Å². The highest BCUT2D eigenvalue weighted by Crippen LogP contribution is 2.25. The normalized spacial score (nSPS) is 10.6. The van der Waals surface area contributed by atoms with E-state index in [4.69, 9.17) is 9.84 Å². The van der Waals surface area contributed by atoms with E-state index in [1.54, 1.807) is 17.9 Å². The Kier molecular flexibility index (Phi) is 4.60. The number of methoxy groups -OCH3 is 1. The van der Waals surface area contributed by atoms with E-state index in [9.17, 15) is 9.59 Å². The number of carboxylic acids is 1. The summed E-state index contributed by atoms with van der Waals surface area (Å²) in [5.74, 6) is 0.276. The minimum Gasteiger partial charge on any atom is -0.497 e. The number of H-pyrrole nitrogens is 1. The van der Waals surface area contributed by atoms with Gasteiger partial charge in [0.25, 0.3) is 5.56 Å². The molecule has 0 unspecified atom stereocenters. The van der Waals surface area contributed by atoms with E-state index in [2.05, 4.69) is 15.3 Å². The molecule has 0 bridgehead atoms. The summed E-state index contributed by atoms with van der Waals surface area (Å²) in [7, 11) is 1.59. The van der Waals surface area contributed by atoms with E-state index in [1.165, 1.54) is 6.07 Å². The van der Waals surface area contributed by atoms with Gasteiger partial charge < -0.3 is 9.84 Å². The number of hydrogen-bond donors (Lipinski definition) is 2. The summed E-state index contributed by atoms with van der Waals surface area (Å²) >= 11 is 0. The molecule has 2 N–H and O–H groups in total. The van der Waals surface area contributed by atoms with Gasteiger partial charge in [-0.2, -0.15) is 10.2 Å². The maximum absolute atomic E-state index is 11.2. The molecule has 25 heavy (non-hydrogen) atoms. The van der Waals surface area contributed by atoms with Crippen molar-refractivity contribution in [2.24, 2.45) is 0 Å². The van der Waals surface area contributed by atoms with Crippen molar-refractivity contribution in [3.8, 4) is 22.8 Å². The number of carbonyl (C=O) groups is 1. The minimum absolute atomic E-state index is 0.0158. The van der Waals surface area contributed by atoms with Crippen LogP contribution < -0.4 is 10.3 Å². The van der Waals surface area contributed by atoms with Gasteiger partial charge in [0.2, 0.25) is 0 Å². The van der Waals surface area contributed by atoms with Gasteiger partial charge >= 0.3 is 5.97 Å². The monoisotopic (exact) mass is 340 g/mol. The molecule has 3 aromatic rings. The number of aromatic amines is 1. The number of carboxylic acid groups (broad SMARTS) is 1. The third kappa shape index (κ3) is 3.74. The molecule has 3 rings (SSSR count). The van der Waals surface area contributed by atoms with Crippen molar-refractivity contribution in [2.45, 2.75) is 12.8 Å². The van der Waals surface area contributed by atoms with Crippen LogP contribution in [-0.4, -0.2) is 38.2 Å². The molecule has 0 saturated carbocycles. The van der Waals surface area contributed by atoms with E-state index in [-0.39, 0.29) is 12.0 Å². The smallest absolute Gasteiger partial charge is 0.303 e. The summed E-state index contributed by atoms with van der Waals surface area (Å²) in [5.41, 5.74) is 1.92. The first-order chi connectivity index (χ1) is 12.1. The van der Waals surface area contributed by atoms with Crippen molar-refractivity contribution >= 4 is 5.97 Å². The molecule has 0 aliphatic heterocycles. The molecule has 0 spiro atoms. The molecule has 2 aromatic heterocycles. The van der Waals surface area contributed by atoms with E-state index >= 15 is 0 Å². The summed E-state index contributed by atoms with van der Waals surface area (Å²) in [4.78, 5) is 22.0. The molecule has 0 aliphatic carbocycles. The van der Waals surface area contributed by atoms with E-state index in [0.29, 0.717) is 17.9 Å². The number of ether oxygens (including phenoxy) is 1. The first-order valence-corrected chi connectivity index (χ1v) is 7.58. The minimum atomic E-state index is -0.886. The fraction of sp³-hybridized carbons (Fsp3) is 0.176. The molecule has 0 aliphatic rings. The van der Waals surface area contributed by atoms with Crippen molar-refractivity contribution in [1.29, 1.82) is 0 Å². The average molecular weight is 340 g/mol. The summed E-state index contributed by atoms with van der Waals surface area (Å²) in [6.45, 7) is 0. The van der Waals surface area contributed by atoms with Crippen LogP contribution in [0.15, 0.2) is 47.3 Å². The molecule has 0 atom stereocenters. The number of aromatic nitrogens is 4. The highest BCUT2D eigenvalue weighted by atomic mass is 16.5. The largest absolute Gasteiger partial charge is 0.497 e. The number of nitrogens with one attached hydrogen (secondary N) is 1. The van der Waals surface area contributed by atoms with Crippen LogP contribution in [0.2, 0.25) is 0 Å². The second-order valence-corrected chi connectivity index (χ2v) is 5.33. The molecule has 0 fully saturated rings. The molecule has 8 nitrogen and oxygen atoms in total. The van der Waals surface area contributed by atoms with Crippen LogP contribution in [0.4, 0.5) is 0 Å². The number of rotatable bonds is 6. The Hall–Kier alpha value is -3.42. The molecule has 0 radical (unpaired) electrons. The van der Waals surface area contributed by atoms with Gasteiger partial charge in [0, 0.05) is 18.1 Å². The van der Waals surface area contributed by atoms with Crippen LogP contribution in [0.5, 0.6) is 5.75 Å². The fourth-order valence-corrected chi connectivity index (χ4v) is 2.38. The lowest BCUT2D eigenvalue weighted by atomic mass is 10.1. The van der Waals surface area contributed by atoms with Crippen molar-refractivity contribution in [3.63, 3.8) is 0 Å². The van der Waals surface area contributed by atoms with Gasteiger partial charge in [-0.25, -0.2) is 9.78 Å². The predicted octanol–water partition coefficient (Wildman–Crippen LogP) is 1.65. The second kappa shape index (κ2) is 7.00. The highest BCUT2D eigenvalue weighted by Gasteiger charge is 2.14. The lowest BCUT2D eigenvalue weighted by Crippen LogP contribution is -2.10. The Balaban J connectivity index is 2.05. The number of aryl methyl sites for hydroxylation is 1. The van der Waals surface area contributed by atoms with Gasteiger partial charge in [-0.1, -0.05) is 0 Å². The van der Waals surface area contributed by atoms with Crippen LogP contribution in [0.3, 0.4) is 0 Å². The molecular formula is C17H16N4O4. The maximum Gasteiger partial charge on any atom is 0.303 e. The molecular weight excluding hydrogens is 324 g/mol. The number of nitrogens with zero attached hydrogens (tertiary/aromatic N) is 3. The molecule has 0 saturated heterocycles. The van der Waals surface area contributed by atoms with Gasteiger partial charge in [0.15, 0.2) is 5.82 Å². The number of hydrogen-bond acceptors (Lipinski definition) is 5. The molecule has 2 heterocycles. The third-order valence-corrected chi connectivity index (χ3v) is 3.62. The lowest BCUT2D eigenvalue weighted by molar-refractivity contribution is -0.136. The quantitative estimate of drug-likeness (QED) is 0.706.